The minimum atomic E-state index is -1.62. The van der Waals surface area contributed by atoms with Gasteiger partial charge in [0.05, 0.1) is 19.2 Å². The third-order valence-corrected chi connectivity index (χ3v) is 2.81. The largest absolute Gasteiger partial charge is 0.497 e. The van der Waals surface area contributed by atoms with E-state index in [9.17, 15) is 18.0 Å². The molecule has 1 amide bonds. The first-order valence-corrected chi connectivity index (χ1v) is 6.07. The van der Waals surface area contributed by atoms with Crippen LogP contribution in [-0.4, -0.2) is 13.0 Å². The molecule has 0 radical (unpaired) electrons. The number of nitrogens with one attached hydrogen (secondary N) is 1. The summed E-state index contributed by atoms with van der Waals surface area (Å²) in [5, 5.41) is 2.20. The number of rotatable bonds is 4. The lowest BCUT2D eigenvalue weighted by Crippen LogP contribution is -2.16. The molecule has 0 bridgehead atoms. The third kappa shape index (κ3) is 3.53. The third-order valence-electron chi connectivity index (χ3n) is 2.81. The maximum atomic E-state index is 13.4. The molecule has 2 aromatic carbocycles. The number of benzene rings is 2. The fourth-order valence-corrected chi connectivity index (χ4v) is 1.78. The van der Waals surface area contributed by atoms with Crippen LogP contribution in [0.25, 0.3) is 0 Å². The van der Waals surface area contributed by atoms with Crippen LogP contribution in [0.3, 0.4) is 0 Å². The first-order valence-electron chi connectivity index (χ1n) is 6.07. The van der Waals surface area contributed by atoms with E-state index in [1.54, 1.807) is 24.3 Å². The Morgan fingerprint density at radius 2 is 1.90 bits per heavy atom. The fraction of sp³-hybridized carbons (Fsp3) is 0.133. The Morgan fingerprint density at radius 3 is 2.62 bits per heavy atom. The van der Waals surface area contributed by atoms with Crippen molar-refractivity contribution in [3.8, 4) is 5.75 Å². The van der Waals surface area contributed by atoms with Crippen molar-refractivity contribution in [3.63, 3.8) is 0 Å². The molecule has 2 rings (SSSR count). The molecule has 0 unspecified atom stereocenters. The highest BCUT2D eigenvalue weighted by Crippen LogP contribution is 2.20. The van der Waals surface area contributed by atoms with Crippen LogP contribution in [0.2, 0.25) is 0 Å². The van der Waals surface area contributed by atoms with Gasteiger partial charge in [-0.15, -0.1) is 0 Å². The molecule has 0 aliphatic rings. The summed E-state index contributed by atoms with van der Waals surface area (Å²) in [6.07, 6.45) is -0.0460. The van der Waals surface area contributed by atoms with E-state index in [-0.39, 0.29) is 6.42 Å². The fourth-order valence-electron chi connectivity index (χ4n) is 1.78. The van der Waals surface area contributed by atoms with Crippen molar-refractivity contribution in [2.75, 3.05) is 12.4 Å². The van der Waals surface area contributed by atoms with E-state index >= 15 is 0 Å². The van der Waals surface area contributed by atoms with Gasteiger partial charge in [-0.3, -0.25) is 4.79 Å². The summed E-state index contributed by atoms with van der Waals surface area (Å²) in [6, 6.07) is 8.50. The van der Waals surface area contributed by atoms with Crippen molar-refractivity contribution in [2.45, 2.75) is 6.42 Å². The summed E-state index contributed by atoms with van der Waals surface area (Å²) in [5.74, 6) is -4.31. The van der Waals surface area contributed by atoms with Crippen LogP contribution < -0.4 is 10.1 Å². The summed E-state index contributed by atoms with van der Waals surface area (Å²) in [7, 11) is 1.50. The second kappa shape index (κ2) is 6.30. The molecule has 1 N–H and O–H groups in total. The number of hydrogen-bond donors (Lipinski definition) is 1. The smallest absolute Gasteiger partial charge is 0.228 e. The Kier molecular flexibility index (Phi) is 4.47. The summed E-state index contributed by atoms with van der Waals surface area (Å²) >= 11 is 0. The van der Waals surface area contributed by atoms with E-state index in [0.29, 0.717) is 11.3 Å². The van der Waals surface area contributed by atoms with Gasteiger partial charge in [0, 0.05) is 0 Å². The van der Waals surface area contributed by atoms with Gasteiger partial charge in [0.2, 0.25) is 5.91 Å². The topological polar surface area (TPSA) is 38.3 Å². The average molecular weight is 295 g/mol. The molecular weight excluding hydrogens is 283 g/mol. The molecule has 110 valence electrons. The molecule has 0 saturated carbocycles. The lowest BCUT2D eigenvalue weighted by Gasteiger charge is -2.08. The molecule has 21 heavy (non-hydrogen) atoms. The molecule has 0 aliphatic heterocycles. The van der Waals surface area contributed by atoms with Gasteiger partial charge in [-0.1, -0.05) is 12.1 Å². The number of ether oxygens (including phenoxy) is 1. The Labute approximate surface area is 119 Å². The van der Waals surface area contributed by atoms with E-state index in [4.69, 9.17) is 4.74 Å². The number of hydrogen-bond acceptors (Lipinski definition) is 2. The highest BCUT2D eigenvalue weighted by molar-refractivity contribution is 5.92. The maximum Gasteiger partial charge on any atom is 0.228 e. The first kappa shape index (κ1) is 14.9. The Balaban J connectivity index is 2.10. The number of anilines is 1. The minimum absolute atomic E-state index is 0.0460. The van der Waals surface area contributed by atoms with Crippen LogP contribution in [-0.2, 0) is 11.2 Å². The van der Waals surface area contributed by atoms with Gasteiger partial charge in [0.1, 0.15) is 5.75 Å². The highest BCUT2D eigenvalue weighted by atomic mass is 19.2. The standard InChI is InChI=1S/C15H12F3NO2/c1-21-10-4-2-3-9(7-10)8-13(20)19-12-6-5-11(16)14(17)15(12)18/h2-7H,8H2,1H3,(H,19,20). The van der Waals surface area contributed by atoms with E-state index in [0.717, 1.165) is 12.1 Å². The second-order valence-corrected chi connectivity index (χ2v) is 4.30. The zero-order chi connectivity index (χ0) is 15.4. The molecule has 0 spiro atoms. The molecule has 0 aromatic heterocycles. The number of halogens is 3. The van der Waals surface area contributed by atoms with Gasteiger partial charge < -0.3 is 10.1 Å². The molecule has 0 heterocycles. The van der Waals surface area contributed by atoms with Gasteiger partial charge in [-0.25, -0.2) is 13.2 Å². The number of carbonyl (C=O) groups excluding carboxylic acids is 1. The van der Waals surface area contributed by atoms with Gasteiger partial charge >= 0.3 is 0 Å². The maximum absolute atomic E-state index is 13.4. The molecule has 0 saturated heterocycles. The Morgan fingerprint density at radius 1 is 1.14 bits per heavy atom. The van der Waals surface area contributed by atoms with E-state index in [1.807, 2.05) is 0 Å². The molecule has 3 nitrogen and oxygen atoms in total. The molecule has 0 fully saturated rings. The number of methoxy groups -OCH3 is 1. The van der Waals surface area contributed by atoms with Crippen LogP contribution in [0.5, 0.6) is 5.75 Å². The SMILES string of the molecule is COc1cccc(CC(=O)Nc2ccc(F)c(F)c2F)c1. The van der Waals surface area contributed by atoms with Crippen LogP contribution in [0.1, 0.15) is 5.56 Å². The summed E-state index contributed by atoms with van der Waals surface area (Å²) in [4.78, 5) is 11.8. The van der Waals surface area contributed by atoms with Gasteiger partial charge in [0.25, 0.3) is 0 Å². The van der Waals surface area contributed by atoms with Crippen molar-refractivity contribution >= 4 is 11.6 Å². The second-order valence-electron chi connectivity index (χ2n) is 4.30. The monoisotopic (exact) mass is 295 g/mol. The Bertz CT molecular complexity index is 674. The van der Waals surface area contributed by atoms with Crippen molar-refractivity contribution < 1.29 is 22.7 Å². The number of amides is 1. The molecule has 2 aromatic rings. The average Bonchev–Trinajstić information content (AvgIpc) is 2.48. The van der Waals surface area contributed by atoms with Crippen LogP contribution in [0.4, 0.5) is 18.9 Å². The molecule has 0 aliphatic carbocycles. The van der Waals surface area contributed by atoms with E-state index < -0.39 is 29.0 Å². The minimum Gasteiger partial charge on any atom is -0.497 e. The summed E-state index contributed by atoms with van der Waals surface area (Å²) < 4.78 is 44.3. The van der Waals surface area contributed by atoms with E-state index in [2.05, 4.69) is 5.32 Å². The van der Waals surface area contributed by atoms with Crippen molar-refractivity contribution in [3.05, 3.63) is 59.4 Å². The van der Waals surface area contributed by atoms with Crippen molar-refractivity contribution in [1.82, 2.24) is 0 Å². The molecular formula is C15H12F3NO2. The van der Waals surface area contributed by atoms with Crippen LogP contribution in [0.15, 0.2) is 36.4 Å². The van der Waals surface area contributed by atoms with Gasteiger partial charge in [-0.05, 0) is 29.8 Å². The van der Waals surface area contributed by atoms with Gasteiger partial charge in [-0.2, -0.15) is 0 Å². The first-order chi connectivity index (χ1) is 10.0. The predicted molar refractivity (Wildman–Crippen MR) is 71.6 cm³/mol. The van der Waals surface area contributed by atoms with Crippen molar-refractivity contribution in [1.29, 1.82) is 0 Å². The van der Waals surface area contributed by atoms with E-state index in [1.165, 1.54) is 7.11 Å². The zero-order valence-corrected chi connectivity index (χ0v) is 11.1. The van der Waals surface area contributed by atoms with Crippen LogP contribution in [0, 0.1) is 17.5 Å². The van der Waals surface area contributed by atoms with Crippen LogP contribution >= 0.6 is 0 Å². The van der Waals surface area contributed by atoms with Gasteiger partial charge in [0.15, 0.2) is 17.5 Å². The quantitative estimate of drug-likeness (QED) is 0.879. The molecule has 6 heteroatoms. The lowest BCUT2D eigenvalue weighted by molar-refractivity contribution is -0.115. The number of carbonyl (C=O) groups is 1. The summed E-state index contributed by atoms with van der Waals surface area (Å²) in [6.45, 7) is 0. The predicted octanol–water partition coefficient (Wildman–Crippen LogP) is 3.29. The normalized spacial score (nSPS) is 10.3. The summed E-state index contributed by atoms with van der Waals surface area (Å²) in [5.41, 5.74) is 0.247. The lowest BCUT2D eigenvalue weighted by atomic mass is 10.1. The Hall–Kier alpha value is -2.50. The molecule has 0 atom stereocenters. The highest BCUT2D eigenvalue weighted by Gasteiger charge is 2.15. The zero-order valence-electron chi connectivity index (χ0n) is 11.1. The van der Waals surface area contributed by atoms with Crippen molar-refractivity contribution in [2.24, 2.45) is 0 Å².